The summed E-state index contributed by atoms with van der Waals surface area (Å²) in [6.45, 7) is 0. The van der Waals surface area contributed by atoms with Crippen LogP contribution in [0.5, 0.6) is 5.75 Å². The van der Waals surface area contributed by atoms with Crippen molar-refractivity contribution >= 4 is 17.2 Å². The molecule has 0 fully saturated rings. The molecule has 0 spiro atoms. The van der Waals surface area contributed by atoms with Gasteiger partial charge in [0, 0.05) is 16.8 Å². The lowest BCUT2D eigenvalue weighted by Crippen LogP contribution is -2.16. The van der Waals surface area contributed by atoms with Crippen molar-refractivity contribution in [3.8, 4) is 5.75 Å². The number of anilines is 1. The molecule has 0 heterocycles. The average Bonchev–Trinajstić information content (AvgIpc) is 2.63. The van der Waals surface area contributed by atoms with Crippen molar-refractivity contribution in [2.75, 3.05) is 5.32 Å². The first-order valence-corrected chi connectivity index (χ1v) is 8.01. The number of benzene rings is 2. The first-order chi connectivity index (χ1) is 12.3. The number of allylic oxidation sites excluding steroid dienone is 4. The molecule has 1 aliphatic rings. The number of amides is 1. The number of carbonyl (C=O) groups is 1. The Morgan fingerprint density at radius 2 is 1.65 bits per heavy atom. The molecule has 0 saturated heterocycles. The second-order valence-electron chi connectivity index (χ2n) is 5.93. The van der Waals surface area contributed by atoms with Gasteiger partial charge in [-0.15, -0.1) is 0 Å². The van der Waals surface area contributed by atoms with Gasteiger partial charge in [0.05, 0.1) is 0 Å². The largest absolute Gasteiger partial charge is 0.508 e. The Hall–Kier alpha value is -3.02. The molecule has 2 aromatic carbocycles. The van der Waals surface area contributed by atoms with Crippen LogP contribution in [0.25, 0.3) is 5.57 Å². The van der Waals surface area contributed by atoms with Crippen LogP contribution >= 0.6 is 0 Å². The summed E-state index contributed by atoms with van der Waals surface area (Å²) >= 11 is 0. The third-order valence-corrected chi connectivity index (χ3v) is 4.16. The maximum absolute atomic E-state index is 12.8. The lowest BCUT2D eigenvalue weighted by molar-refractivity contribution is -0.0939. The predicted molar refractivity (Wildman–Crippen MR) is 93.9 cm³/mol. The fourth-order valence-corrected chi connectivity index (χ4v) is 2.80. The lowest BCUT2D eigenvalue weighted by atomic mass is 9.90. The van der Waals surface area contributed by atoms with E-state index in [0.29, 0.717) is 22.4 Å². The summed E-state index contributed by atoms with van der Waals surface area (Å²) in [4.78, 5) is 12.6. The Kier molecular flexibility index (Phi) is 4.84. The van der Waals surface area contributed by atoms with Crippen molar-refractivity contribution in [1.82, 2.24) is 0 Å². The zero-order chi connectivity index (χ0) is 18.7. The molecule has 0 aliphatic heterocycles. The number of phenols is 1. The molecule has 3 rings (SSSR count). The number of hydrogen-bond donors (Lipinski definition) is 2. The van der Waals surface area contributed by atoms with Crippen LogP contribution < -0.4 is 5.32 Å². The first kappa shape index (κ1) is 17.8. The molecule has 2 N–H and O–H groups in total. The van der Waals surface area contributed by atoms with E-state index in [1.165, 1.54) is 18.2 Å². The molecule has 134 valence electrons. The van der Waals surface area contributed by atoms with Crippen molar-refractivity contribution in [2.45, 2.75) is 19.0 Å². The molecule has 6 heteroatoms. The van der Waals surface area contributed by atoms with Gasteiger partial charge in [-0.05, 0) is 54.3 Å². The Morgan fingerprint density at radius 1 is 0.962 bits per heavy atom. The summed E-state index contributed by atoms with van der Waals surface area (Å²) in [5.74, 6) is -0.277. The minimum absolute atomic E-state index is 0.0861. The summed E-state index contributed by atoms with van der Waals surface area (Å²) in [7, 11) is 0. The summed E-state index contributed by atoms with van der Waals surface area (Å²) in [5, 5.41) is 12.0. The Balaban J connectivity index is 1.87. The van der Waals surface area contributed by atoms with Crippen molar-refractivity contribution in [3.63, 3.8) is 0 Å². The van der Waals surface area contributed by atoms with Crippen LogP contribution in [-0.2, 0) is 0 Å². The van der Waals surface area contributed by atoms with E-state index in [1.807, 2.05) is 0 Å². The van der Waals surface area contributed by atoms with Gasteiger partial charge in [0.25, 0.3) is 5.91 Å². The number of rotatable bonds is 3. The smallest absolute Gasteiger partial charge is 0.412 e. The molecule has 0 bridgehead atoms. The molecule has 0 aromatic heterocycles. The van der Waals surface area contributed by atoms with Crippen LogP contribution in [0.4, 0.5) is 18.9 Å². The van der Waals surface area contributed by atoms with Crippen LogP contribution in [0.2, 0.25) is 0 Å². The molecule has 26 heavy (non-hydrogen) atoms. The van der Waals surface area contributed by atoms with Gasteiger partial charge in [-0.25, -0.2) is 0 Å². The van der Waals surface area contributed by atoms with E-state index in [-0.39, 0.29) is 24.5 Å². The van der Waals surface area contributed by atoms with Gasteiger partial charge in [-0.3, -0.25) is 4.79 Å². The van der Waals surface area contributed by atoms with Gasteiger partial charge in [0.1, 0.15) is 5.75 Å². The van der Waals surface area contributed by atoms with Crippen LogP contribution in [-0.4, -0.2) is 17.2 Å². The summed E-state index contributed by atoms with van der Waals surface area (Å²) in [5.41, 5.74) is 1.64. The van der Waals surface area contributed by atoms with E-state index in [1.54, 1.807) is 36.4 Å². The highest BCUT2D eigenvalue weighted by Crippen LogP contribution is 2.36. The van der Waals surface area contributed by atoms with Crippen LogP contribution in [0, 0.1) is 0 Å². The Bertz CT molecular complexity index is 881. The SMILES string of the molecule is O=C(Nc1ccc(O)cc1)c1ccccc1C1=CC=C(C(F)(F)F)CC1. The molecule has 3 nitrogen and oxygen atoms in total. The second-order valence-corrected chi connectivity index (χ2v) is 5.93. The zero-order valence-electron chi connectivity index (χ0n) is 13.7. The normalized spacial score (nSPS) is 14.4. The predicted octanol–water partition coefficient (Wildman–Crippen LogP) is 5.31. The first-order valence-electron chi connectivity index (χ1n) is 8.01. The molecular formula is C20H16F3NO2. The molecule has 0 radical (unpaired) electrons. The number of aromatic hydroxyl groups is 1. The molecule has 1 aliphatic carbocycles. The molecule has 0 unspecified atom stereocenters. The zero-order valence-corrected chi connectivity index (χ0v) is 13.7. The number of nitrogens with one attached hydrogen (secondary N) is 1. The molecule has 0 atom stereocenters. The minimum Gasteiger partial charge on any atom is -0.508 e. The second kappa shape index (κ2) is 7.07. The van der Waals surface area contributed by atoms with Gasteiger partial charge >= 0.3 is 6.18 Å². The molecule has 2 aromatic rings. The van der Waals surface area contributed by atoms with Crippen molar-refractivity contribution in [2.24, 2.45) is 0 Å². The van der Waals surface area contributed by atoms with Crippen LogP contribution in [0.15, 0.2) is 66.3 Å². The fraction of sp³-hybridized carbons (Fsp3) is 0.150. The van der Waals surface area contributed by atoms with Crippen molar-refractivity contribution in [1.29, 1.82) is 0 Å². The third-order valence-electron chi connectivity index (χ3n) is 4.16. The van der Waals surface area contributed by atoms with Crippen molar-refractivity contribution in [3.05, 3.63) is 77.4 Å². The fourth-order valence-electron chi connectivity index (χ4n) is 2.80. The van der Waals surface area contributed by atoms with E-state index >= 15 is 0 Å². The molecule has 1 amide bonds. The number of hydrogen-bond acceptors (Lipinski definition) is 2. The van der Waals surface area contributed by atoms with E-state index < -0.39 is 11.7 Å². The highest BCUT2D eigenvalue weighted by molar-refractivity contribution is 6.07. The van der Waals surface area contributed by atoms with Gasteiger partial charge in [0.15, 0.2) is 0 Å². The number of halogens is 3. The highest BCUT2D eigenvalue weighted by atomic mass is 19.4. The number of phenolic OH excluding ortho intramolecular Hbond substituents is 1. The van der Waals surface area contributed by atoms with E-state index in [0.717, 1.165) is 6.08 Å². The van der Waals surface area contributed by atoms with Gasteiger partial charge in [-0.2, -0.15) is 13.2 Å². The van der Waals surface area contributed by atoms with Crippen molar-refractivity contribution < 1.29 is 23.1 Å². The number of carbonyl (C=O) groups excluding carboxylic acids is 1. The highest BCUT2D eigenvalue weighted by Gasteiger charge is 2.34. The summed E-state index contributed by atoms with van der Waals surface area (Å²) in [6.07, 6.45) is -1.71. The lowest BCUT2D eigenvalue weighted by Gasteiger charge is -2.19. The maximum Gasteiger partial charge on any atom is 0.412 e. The van der Waals surface area contributed by atoms with Gasteiger partial charge < -0.3 is 10.4 Å². The number of alkyl halides is 3. The summed E-state index contributed by atoms with van der Waals surface area (Å²) < 4.78 is 38.3. The molecule has 0 saturated carbocycles. The summed E-state index contributed by atoms with van der Waals surface area (Å²) in [6, 6.07) is 12.8. The minimum atomic E-state index is -4.32. The van der Waals surface area contributed by atoms with E-state index in [4.69, 9.17) is 0 Å². The Morgan fingerprint density at radius 3 is 2.27 bits per heavy atom. The Labute approximate surface area is 148 Å². The topological polar surface area (TPSA) is 49.3 Å². The third kappa shape index (κ3) is 3.96. The maximum atomic E-state index is 12.8. The van der Waals surface area contributed by atoms with Gasteiger partial charge in [0.2, 0.25) is 0 Å². The van der Waals surface area contributed by atoms with E-state index in [2.05, 4.69) is 5.32 Å². The van der Waals surface area contributed by atoms with Gasteiger partial charge in [-0.1, -0.05) is 30.4 Å². The monoisotopic (exact) mass is 359 g/mol. The van der Waals surface area contributed by atoms with Crippen LogP contribution in [0.3, 0.4) is 0 Å². The standard InChI is InChI=1S/C20H16F3NO2/c21-20(22,23)14-7-5-13(6-8-14)17-3-1-2-4-18(17)19(26)24-15-9-11-16(25)12-10-15/h1-5,7,9-12,25H,6,8H2,(H,24,26). The van der Waals surface area contributed by atoms with E-state index in [9.17, 15) is 23.1 Å². The quantitative estimate of drug-likeness (QED) is 0.730. The average molecular weight is 359 g/mol. The van der Waals surface area contributed by atoms with Crippen LogP contribution in [0.1, 0.15) is 28.8 Å². The molecular weight excluding hydrogens is 343 g/mol.